The van der Waals surface area contributed by atoms with Gasteiger partial charge in [0.1, 0.15) is 5.82 Å². The summed E-state index contributed by atoms with van der Waals surface area (Å²) in [7, 11) is -2.78. The maximum Gasteiger partial charge on any atom is 0.276 e. The SMILES string of the molecule is Cc1cc2c(s1)S(=O)(=O)N(C)C(C(=O)Nc1ccccc1F)=C2O. The first-order valence-corrected chi connectivity index (χ1v) is 9.08. The first-order valence-electron chi connectivity index (χ1n) is 6.82. The second-order valence-electron chi connectivity index (χ2n) is 5.16. The van der Waals surface area contributed by atoms with Crippen molar-refractivity contribution in [2.75, 3.05) is 12.4 Å². The summed E-state index contributed by atoms with van der Waals surface area (Å²) in [5.74, 6) is -2.04. The van der Waals surface area contributed by atoms with Crippen LogP contribution in [0.3, 0.4) is 0 Å². The number of amides is 1. The summed E-state index contributed by atoms with van der Waals surface area (Å²) < 4.78 is 39.4. The lowest BCUT2D eigenvalue weighted by Crippen LogP contribution is -2.36. The van der Waals surface area contributed by atoms with E-state index in [4.69, 9.17) is 0 Å². The summed E-state index contributed by atoms with van der Waals surface area (Å²) in [6.07, 6.45) is 0. The zero-order valence-electron chi connectivity index (χ0n) is 12.7. The Bertz CT molecular complexity index is 979. The fraction of sp³-hybridized carbons (Fsp3) is 0.133. The van der Waals surface area contributed by atoms with Crippen molar-refractivity contribution in [1.29, 1.82) is 0 Å². The molecule has 1 aromatic heterocycles. The minimum atomic E-state index is -3.95. The van der Waals surface area contributed by atoms with Crippen LogP contribution in [0.2, 0.25) is 0 Å². The molecule has 0 atom stereocenters. The molecule has 9 heteroatoms. The van der Waals surface area contributed by atoms with Crippen LogP contribution in [0.15, 0.2) is 40.2 Å². The largest absolute Gasteiger partial charge is 0.505 e. The third kappa shape index (κ3) is 2.45. The number of anilines is 1. The number of thiophene rings is 1. The van der Waals surface area contributed by atoms with Gasteiger partial charge in [0, 0.05) is 11.9 Å². The van der Waals surface area contributed by atoms with Crippen molar-refractivity contribution < 1.29 is 22.7 Å². The van der Waals surface area contributed by atoms with E-state index in [0.29, 0.717) is 9.18 Å². The third-order valence-electron chi connectivity index (χ3n) is 3.55. The molecule has 0 fully saturated rings. The van der Waals surface area contributed by atoms with E-state index in [1.807, 2.05) is 0 Å². The van der Waals surface area contributed by atoms with Crippen LogP contribution < -0.4 is 5.32 Å². The maximum atomic E-state index is 13.7. The van der Waals surface area contributed by atoms with E-state index in [9.17, 15) is 22.7 Å². The minimum Gasteiger partial charge on any atom is -0.505 e. The number of fused-ring (bicyclic) bond motifs is 1. The molecule has 24 heavy (non-hydrogen) atoms. The zero-order valence-corrected chi connectivity index (χ0v) is 14.3. The summed E-state index contributed by atoms with van der Waals surface area (Å²) in [4.78, 5) is 13.1. The number of para-hydroxylation sites is 1. The molecule has 2 heterocycles. The van der Waals surface area contributed by atoms with Crippen LogP contribution >= 0.6 is 11.3 Å². The first-order chi connectivity index (χ1) is 11.2. The molecule has 6 nitrogen and oxygen atoms in total. The number of rotatable bonds is 2. The summed E-state index contributed by atoms with van der Waals surface area (Å²) in [5.41, 5.74) is -0.487. The minimum absolute atomic E-state index is 0.0255. The Morgan fingerprint density at radius 2 is 2.00 bits per heavy atom. The van der Waals surface area contributed by atoms with Gasteiger partial charge in [-0.2, -0.15) is 0 Å². The summed E-state index contributed by atoms with van der Waals surface area (Å²) in [5, 5.41) is 12.7. The Morgan fingerprint density at radius 3 is 2.67 bits per heavy atom. The number of sulfonamides is 1. The van der Waals surface area contributed by atoms with Crippen molar-refractivity contribution in [2.24, 2.45) is 0 Å². The van der Waals surface area contributed by atoms with Crippen LogP contribution in [0.4, 0.5) is 10.1 Å². The van der Waals surface area contributed by atoms with E-state index >= 15 is 0 Å². The lowest BCUT2D eigenvalue weighted by atomic mass is 10.2. The van der Waals surface area contributed by atoms with Crippen LogP contribution in [0, 0.1) is 12.7 Å². The molecule has 0 unspecified atom stereocenters. The highest BCUT2D eigenvalue weighted by Crippen LogP contribution is 2.40. The molecule has 2 aromatic rings. The molecule has 1 aromatic carbocycles. The molecule has 0 bridgehead atoms. The summed E-state index contributed by atoms with van der Waals surface area (Å²) >= 11 is 1.01. The maximum absolute atomic E-state index is 13.7. The van der Waals surface area contributed by atoms with Crippen LogP contribution in [-0.4, -0.2) is 30.8 Å². The standard InChI is InChI=1S/C15H13FN2O4S2/c1-8-7-9-13(19)12(18(2)24(21,22)15(9)23-8)14(20)17-11-6-4-3-5-10(11)16/h3-7,19H,1-2H3,(H,17,20). The normalized spacial score (nSPS) is 16.0. The average molecular weight is 368 g/mol. The molecular formula is C15H13FN2O4S2. The number of hydrogen-bond donors (Lipinski definition) is 2. The fourth-order valence-corrected chi connectivity index (χ4v) is 5.34. The van der Waals surface area contributed by atoms with E-state index in [0.717, 1.165) is 17.4 Å². The van der Waals surface area contributed by atoms with Crippen molar-refractivity contribution in [3.63, 3.8) is 0 Å². The molecule has 3 rings (SSSR count). The van der Waals surface area contributed by atoms with Gasteiger partial charge in [-0.25, -0.2) is 12.8 Å². The highest BCUT2D eigenvalue weighted by atomic mass is 32.2. The van der Waals surface area contributed by atoms with Gasteiger partial charge in [0.15, 0.2) is 15.7 Å². The van der Waals surface area contributed by atoms with Crippen LogP contribution in [0.5, 0.6) is 0 Å². The predicted molar refractivity (Wildman–Crippen MR) is 88.6 cm³/mol. The number of aliphatic hydroxyl groups excluding tert-OH is 1. The van der Waals surface area contributed by atoms with Crippen molar-refractivity contribution in [3.05, 3.63) is 52.3 Å². The summed E-state index contributed by atoms with van der Waals surface area (Å²) in [6.45, 7) is 1.70. The second-order valence-corrected chi connectivity index (χ2v) is 8.58. The molecule has 1 aliphatic heterocycles. The number of carbonyl (C=O) groups is 1. The van der Waals surface area contributed by atoms with E-state index in [-0.39, 0.29) is 15.5 Å². The zero-order chi connectivity index (χ0) is 17.6. The lowest BCUT2D eigenvalue weighted by molar-refractivity contribution is -0.113. The molecule has 0 saturated carbocycles. The fourth-order valence-electron chi connectivity index (χ4n) is 2.37. The van der Waals surface area contributed by atoms with Crippen molar-refractivity contribution in [1.82, 2.24) is 4.31 Å². The highest BCUT2D eigenvalue weighted by molar-refractivity contribution is 7.91. The van der Waals surface area contributed by atoms with Gasteiger partial charge in [0.25, 0.3) is 15.9 Å². The van der Waals surface area contributed by atoms with E-state index in [1.54, 1.807) is 6.92 Å². The highest BCUT2D eigenvalue weighted by Gasteiger charge is 2.39. The van der Waals surface area contributed by atoms with Gasteiger partial charge in [-0.05, 0) is 25.1 Å². The second kappa shape index (κ2) is 5.60. The molecule has 0 spiro atoms. The smallest absolute Gasteiger partial charge is 0.276 e. The topological polar surface area (TPSA) is 86.7 Å². The number of nitrogens with one attached hydrogen (secondary N) is 1. The quantitative estimate of drug-likeness (QED) is 0.853. The number of aliphatic hydroxyl groups is 1. The molecule has 1 aliphatic rings. The third-order valence-corrected chi connectivity index (χ3v) is 6.87. The number of nitrogens with zero attached hydrogens (tertiary/aromatic N) is 1. The van der Waals surface area contributed by atoms with Gasteiger partial charge in [0.05, 0.1) is 11.3 Å². The van der Waals surface area contributed by atoms with Crippen molar-refractivity contribution in [2.45, 2.75) is 11.1 Å². The van der Waals surface area contributed by atoms with E-state index in [2.05, 4.69) is 5.32 Å². The average Bonchev–Trinajstić information content (AvgIpc) is 2.91. The monoisotopic (exact) mass is 368 g/mol. The van der Waals surface area contributed by atoms with Gasteiger partial charge in [-0.15, -0.1) is 11.3 Å². The Kier molecular flexibility index (Phi) is 3.84. The van der Waals surface area contributed by atoms with Gasteiger partial charge < -0.3 is 10.4 Å². The van der Waals surface area contributed by atoms with Gasteiger partial charge in [0.2, 0.25) is 0 Å². The number of hydrogen-bond acceptors (Lipinski definition) is 5. The lowest BCUT2D eigenvalue weighted by Gasteiger charge is -2.26. The molecule has 2 N–H and O–H groups in total. The Balaban J connectivity index is 2.09. The van der Waals surface area contributed by atoms with Crippen molar-refractivity contribution >= 4 is 38.7 Å². The van der Waals surface area contributed by atoms with Crippen LogP contribution in [0.1, 0.15) is 10.4 Å². The molecule has 0 saturated heterocycles. The number of halogens is 1. The van der Waals surface area contributed by atoms with E-state index < -0.39 is 33.2 Å². The van der Waals surface area contributed by atoms with Gasteiger partial charge in [-0.3, -0.25) is 9.10 Å². The number of benzene rings is 1. The molecule has 0 aliphatic carbocycles. The number of likely N-dealkylation sites (N-methyl/N-ethyl adjacent to an activating group) is 1. The number of aryl methyl sites for hydroxylation is 1. The van der Waals surface area contributed by atoms with Crippen molar-refractivity contribution in [3.8, 4) is 0 Å². The van der Waals surface area contributed by atoms with Crippen LogP contribution in [0.25, 0.3) is 5.76 Å². The molecule has 126 valence electrons. The Labute approximate surface area is 141 Å². The molecular weight excluding hydrogens is 355 g/mol. The molecule has 0 radical (unpaired) electrons. The van der Waals surface area contributed by atoms with Gasteiger partial charge >= 0.3 is 0 Å². The summed E-state index contributed by atoms with van der Waals surface area (Å²) in [6, 6.07) is 6.97. The molecule has 1 amide bonds. The predicted octanol–water partition coefficient (Wildman–Crippen LogP) is 2.70. The first kappa shape index (κ1) is 16.5. The van der Waals surface area contributed by atoms with Gasteiger partial charge in [-0.1, -0.05) is 12.1 Å². The Hall–Kier alpha value is -2.39. The number of carbonyl (C=O) groups excluding carboxylic acids is 1. The van der Waals surface area contributed by atoms with E-state index in [1.165, 1.54) is 31.3 Å². The Morgan fingerprint density at radius 1 is 1.33 bits per heavy atom. The van der Waals surface area contributed by atoms with Crippen LogP contribution in [-0.2, 0) is 14.8 Å².